The lowest BCUT2D eigenvalue weighted by Gasteiger charge is -2.00. The summed E-state index contributed by atoms with van der Waals surface area (Å²) < 4.78 is 0. The highest BCUT2D eigenvalue weighted by Crippen LogP contribution is 2.23. The molecule has 0 spiro atoms. The number of aromatic nitrogens is 1. The van der Waals surface area contributed by atoms with Crippen LogP contribution in [0.2, 0.25) is 0 Å². The van der Waals surface area contributed by atoms with Gasteiger partial charge in [-0.2, -0.15) is 0 Å². The van der Waals surface area contributed by atoms with Gasteiger partial charge in [0.05, 0.1) is 0 Å². The van der Waals surface area contributed by atoms with Gasteiger partial charge in [-0.25, -0.2) is 4.98 Å². The number of amides is 1. The Morgan fingerprint density at radius 2 is 2.05 bits per heavy atom. The third-order valence-corrected chi connectivity index (χ3v) is 3.74. The van der Waals surface area contributed by atoms with Crippen LogP contribution in [0.4, 0.5) is 0 Å². The number of nitrogens with zero attached hydrogens (tertiary/aromatic N) is 1. The Balaban J connectivity index is 2.06. The van der Waals surface area contributed by atoms with Gasteiger partial charge in [0.25, 0.3) is 5.91 Å². The van der Waals surface area contributed by atoms with E-state index in [4.69, 9.17) is 0 Å². The van der Waals surface area contributed by atoms with E-state index >= 15 is 0 Å². The fraction of sp³-hybridized carbons (Fsp3) is 0.333. The van der Waals surface area contributed by atoms with Gasteiger partial charge in [-0.15, -0.1) is 11.3 Å². The van der Waals surface area contributed by atoms with E-state index in [0.29, 0.717) is 12.2 Å². The number of benzene rings is 1. The molecule has 0 unspecified atom stereocenters. The zero-order valence-electron chi connectivity index (χ0n) is 11.3. The van der Waals surface area contributed by atoms with Gasteiger partial charge in [-0.1, -0.05) is 43.2 Å². The van der Waals surface area contributed by atoms with Crippen molar-refractivity contribution in [3.05, 3.63) is 40.9 Å². The van der Waals surface area contributed by atoms with E-state index < -0.39 is 0 Å². The van der Waals surface area contributed by atoms with Crippen LogP contribution in [0.25, 0.3) is 10.6 Å². The van der Waals surface area contributed by atoms with Gasteiger partial charge < -0.3 is 5.32 Å². The summed E-state index contributed by atoms with van der Waals surface area (Å²) in [6, 6.07) is 8.18. The summed E-state index contributed by atoms with van der Waals surface area (Å²) in [6.07, 6.45) is 2.08. The standard InChI is InChI=1S/C15H18N2OS/c1-3-4-9-16-14(18)13-10-19-15(17-13)12-7-5-11(2)6-8-12/h5-8,10H,3-4,9H2,1-2H3,(H,16,18). The Hall–Kier alpha value is -1.68. The molecule has 19 heavy (non-hydrogen) atoms. The first kappa shape index (κ1) is 13.7. The highest BCUT2D eigenvalue weighted by molar-refractivity contribution is 7.13. The van der Waals surface area contributed by atoms with E-state index in [-0.39, 0.29) is 5.91 Å². The first-order valence-electron chi connectivity index (χ1n) is 6.51. The van der Waals surface area contributed by atoms with Gasteiger partial charge in [0.1, 0.15) is 10.7 Å². The fourth-order valence-corrected chi connectivity index (χ4v) is 2.48. The third kappa shape index (κ3) is 3.64. The molecule has 0 radical (unpaired) electrons. The number of rotatable bonds is 5. The molecule has 0 fully saturated rings. The van der Waals surface area contributed by atoms with Crippen molar-refractivity contribution >= 4 is 17.2 Å². The van der Waals surface area contributed by atoms with Crippen molar-refractivity contribution in [1.82, 2.24) is 10.3 Å². The number of unbranched alkanes of at least 4 members (excludes halogenated alkanes) is 1. The van der Waals surface area contributed by atoms with Gasteiger partial charge >= 0.3 is 0 Å². The van der Waals surface area contributed by atoms with E-state index in [9.17, 15) is 4.79 Å². The van der Waals surface area contributed by atoms with Crippen LogP contribution in [0.1, 0.15) is 35.8 Å². The minimum absolute atomic E-state index is 0.0805. The largest absolute Gasteiger partial charge is 0.351 e. The quantitative estimate of drug-likeness (QED) is 0.846. The molecule has 0 aliphatic heterocycles. The molecule has 1 heterocycles. The molecule has 1 amide bonds. The van der Waals surface area contributed by atoms with Crippen LogP contribution in [-0.4, -0.2) is 17.4 Å². The average molecular weight is 274 g/mol. The van der Waals surface area contributed by atoms with Gasteiger partial charge in [-0.3, -0.25) is 4.79 Å². The van der Waals surface area contributed by atoms with Crippen molar-refractivity contribution in [3.8, 4) is 10.6 Å². The number of aryl methyl sites for hydroxylation is 1. The Kier molecular flexibility index (Phi) is 4.68. The van der Waals surface area contributed by atoms with Crippen molar-refractivity contribution in [2.24, 2.45) is 0 Å². The minimum Gasteiger partial charge on any atom is -0.351 e. The summed E-state index contributed by atoms with van der Waals surface area (Å²) in [6.45, 7) is 4.87. The highest BCUT2D eigenvalue weighted by Gasteiger charge is 2.10. The zero-order valence-corrected chi connectivity index (χ0v) is 12.1. The second-order valence-electron chi connectivity index (χ2n) is 4.51. The molecule has 3 nitrogen and oxygen atoms in total. The monoisotopic (exact) mass is 274 g/mol. The number of hydrogen-bond donors (Lipinski definition) is 1. The lowest BCUT2D eigenvalue weighted by atomic mass is 10.2. The van der Waals surface area contributed by atoms with Crippen molar-refractivity contribution < 1.29 is 4.79 Å². The topological polar surface area (TPSA) is 42.0 Å². The lowest BCUT2D eigenvalue weighted by molar-refractivity contribution is 0.0949. The summed E-state index contributed by atoms with van der Waals surface area (Å²) in [7, 11) is 0. The first-order chi connectivity index (χ1) is 9.20. The first-order valence-corrected chi connectivity index (χ1v) is 7.39. The van der Waals surface area contributed by atoms with Crippen molar-refractivity contribution in [1.29, 1.82) is 0 Å². The van der Waals surface area contributed by atoms with Gasteiger partial charge in [0, 0.05) is 17.5 Å². The molecule has 2 aromatic rings. The molecule has 4 heteroatoms. The van der Waals surface area contributed by atoms with Crippen LogP contribution in [0, 0.1) is 6.92 Å². The van der Waals surface area contributed by atoms with E-state index in [2.05, 4.69) is 36.3 Å². The molecule has 1 N–H and O–H groups in total. The number of hydrogen-bond acceptors (Lipinski definition) is 3. The summed E-state index contributed by atoms with van der Waals surface area (Å²) in [5, 5.41) is 5.58. The molecule has 1 aromatic heterocycles. The average Bonchev–Trinajstić information content (AvgIpc) is 2.89. The number of thiazole rings is 1. The van der Waals surface area contributed by atoms with Gasteiger partial charge in [0.2, 0.25) is 0 Å². The minimum atomic E-state index is -0.0805. The van der Waals surface area contributed by atoms with Crippen LogP contribution in [0.3, 0.4) is 0 Å². The van der Waals surface area contributed by atoms with Crippen LogP contribution in [0.15, 0.2) is 29.6 Å². The maximum Gasteiger partial charge on any atom is 0.270 e. The second-order valence-corrected chi connectivity index (χ2v) is 5.37. The molecule has 0 aliphatic carbocycles. The summed E-state index contributed by atoms with van der Waals surface area (Å²) >= 11 is 1.50. The van der Waals surface area contributed by atoms with Gasteiger partial charge in [0.15, 0.2) is 0 Å². The number of carbonyl (C=O) groups excluding carboxylic acids is 1. The summed E-state index contributed by atoms with van der Waals surface area (Å²) in [4.78, 5) is 16.2. The third-order valence-electron chi connectivity index (χ3n) is 2.85. The molecule has 0 saturated carbocycles. The van der Waals surface area contributed by atoms with Gasteiger partial charge in [-0.05, 0) is 13.3 Å². The predicted octanol–water partition coefficient (Wildman–Crippen LogP) is 3.65. The fourth-order valence-electron chi connectivity index (χ4n) is 1.68. The Morgan fingerprint density at radius 1 is 1.32 bits per heavy atom. The van der Waals surface area contributed by atoms with E-state index in [0.717, 1.165) is 23.4 Å². The molecule has 1 aromatic carbocycles. The molecule has 0 aliphatic rings. The Morgan fingerprint density at radius 3 is 2.74 bits per heavy atom. The zero-order chi connectivity index (χ0) is 13.7. The Bertz CT molecular complexity index is 546. The van der Waals surface area contributed by atoms with Crippen LogP contribution in [-0.2, 0) is 0 Å². The number of carbonyl (C=O) groups is 1. The van der Waals surface area contributed by atoms with Crippen molar-refractivity contribution in [2.75, 3.05) is 6.54 Å². The van der Waals surface area contributed by atoms with E-state index in [1.165, 1.54) is 16.9 Å². The molecule has 0 saturated heterocycles. The van der Waals surface area contributed by atoms with Crippen molar-refractivity contribution in [2.45, 2.75) is 26.7 Å². The predicted molar refractivity (Wildman–Crippen MR) is 79.5 cm³/mol. The maximum absolute atomic E-state index is 11.9. The van der Waals surface area contributed by atoms with Crippen molar-refractivity contribution in [3.63, 3.8) is 0 Å². The summed E-state index contributed by atoms with van der Waals surface area (Å²) in [5.74, 6) is -0.0805. The summed E-state index contributed by atoms with van der Waals surface area (Å²) in [5.41, 5.74) is 2.79. The molecule has 100 valence electrons. The highest BCUT2D eigenvalue weighted by atomic mass is 32.1. The molecule has 0 atom stereocenters. The lowest BCUT2D eigenvalue weighted by Crippen LogP contribution is -2.24. The SMILES string of the molecule is CCCCNC(=O)c1csc(-c2ccc(C)cc2)n1. The normalized spacial score (nSPS) is 10.4. The van der Waals surface area contributed by atoms with Crippen LogP contribution >= 0.6 is 11.3 Å². The number of nitrogens with one attached hydrogen (secondary N) is 1. The second kappa shape index (κ2) is 6.48. The van der Waals surface area contributed by atoms with Crippen LogP contribution in [0.5, 0.6) is 0 Å². The molecular formula is C15H18N2OS. The molecule has 2 rings (SSSR count). The molecular weight excluding hydrogens is 256 g/mol. The van der Waals surface area contributed by atoms with E-state index in [1.54, 1.807) is 0 Å². The molecule has 0 bridgehead atoms. The van der Waals surface area contributed by atoms with E-state index in [1.807, 2.05) is 17.5 Å². The maximum atomic E-state index is 11.9. The Labute approximate surface area is 117 Å². The smallest absolute Gasteiger partial charge is 0.270 e. The van der Waals surface area contributed by atoms with Crippen LogP contribution < -0.4 is 5.32 Å².